The monoisotopic (exact) mass is 295 g/mol. The van der Waals surface area contributed by atoms with Crippen molar-refractivity contribution < 1.29 is 4.79 Å². The largest absolute Gasteiger partial charge is 0.323 e. The van der Waals surface area contributed by atoms with Crippen LogP contribution in [0.2, 0.25) is 0 Å². The van der Waals surface area contributed by atoms with Crippen molar-refractivity contribution in [2.45, 2.75) is 20.3 Å². The average molecular weight is 295 g/mol. The minimum absolute atomic E-state index is 0.279. The molecule has 112 valence electrons. The van der Waals surface area contributed by atoms with E-state index in [0.29, 0.717) is 5.69 Å². The number of nitrogens with zero attached hydrogens (tertiary/aromatic N) is 3. The van der Waals surface area contributed by atoms with Crippen LogP contribution in [-0.2, 0) is 6.42 Å². The molecule has 6 heteroatoms. The molecule has 0 radical (unpaired) electrons. The molecular weight excluding hydrogens is 278 g/mol. The highest BCUT2D eigenvalue weighted by Gasteiger charge is 2.06. The fourth-order valence-electron chi connectivity index (χ4n) is 2.24. The first-order valence-corrected chi connectivity index (χ1v) is 7.14. The van der Waals surface area contributed by atoms with E-state index in [1.165, 1.54) is 5.56 Å². The summed E-state index contributed by atoms with van der Waals surface area (Å²) in [5.74, 6) is 0.773. The number of fused-ring (bicyclic) bond motifs is 1. The normalized spacial score (nSPS) is 10.6. The van der Waals surface area contributed by atoms with Gasteiger partial charge in [-0.1, -0.05) is 19.1 Å². The first-order valence-electron chi connectivity index (χ1n) is 7.14. The Balaban J connectivity index is 1.73. The van der Waals surface area contributed by atoms with E-state index in [1.54, 1.807) is 12.3 Å². The van der Waals surface area contributed by atoms with E-state index in [4.69, 9.17) is 0 Å². The van der Waals surface area contributed by atoms with Gasteiger partial charge in [0.2, 0.25) is 0 Å². The van der Waals surface area contributed by atoms with Gasteiger partial charge in [-0.15, -0.1) is 10.2 Å². The van der Waals surface area contributed by atoms with E-state index >= 15 is 0 Å². The quantitative estimate of drug-likeness (QED) is 0.779. The zero-order chi connectivity index (χ0) is 15.5. The number of amides is 2. The van der Waals surface area contributed by atoms with E-state index in [2.05, 4.69) is 27.8 Å². The van der Waals surface area contributed by atoms with E-state index in [9.17, 15) is 4.79 Å². The number of benzene rings is 1. The van der Waals surface area contributed by atoms with Gasteiger partial charge in [0.1, 0.15) is 5.82 Å². The third-order valence-electron chi connectivity index (χ3n) is 3.42. The summed E-state index contributed by atoms with van der Waals surface area (Å²) in [7, 11) is 0. The number of nitrogens with one attached hydrogen (secondary N) is 2. The van der Waals surface area contributed by atoms with Crippen LogP contribution in [0.15, 0.2) is 42.6 Å². The number of aromatic nitrogens is 3. The van der Waals surface area contributed by atoms with Crippen LogP contribution in [-0.4, -0.2) is 20.6 Å². The van der Waals surface area contributed by atoms with Crippen molar-refractivity contribution in [1.82, 2.24) is 14.6 Å². The Kier molecular flexibility index (Phi) is 3.74. The first-order chi connectivity index (χ1) is 10.7. The van der Waals surface area contributed by atoms with Gasteiger partial charge in [-0.2, -0.15) is 0 Å². The van der Waals surface area contributed by atoms with Gasteiger partial charge in [-0.05, 0) is 43.2 Å². The van der Waals surface area contributed by atoms with Crippen LogP contribution in [0.25, 0.3) is 5.65 Å². The molecule has 2 amide bonds. The summed E-state index contributed by atoms with van der Waals surface area (Å²) < 4.78 is 1.83. The van der Waals surface area contributed by atoms with Crippen molar-refractivity contribution in [1.29, 1.82) is 0 Å². The number of urea groups is 1. The van der Waals surface area contributed by atoms with E-state index in [1.807, 2.05) is 41.7 Å². The Morgan fingerprint density at radius 2 is 1.95 bits per heavy atom. The van der Waals surface area contributed by atoms with Crippen molar-refractivity contribution in [2.75, 3.05) is 10.6 Å². The zero-order valence-electron chi connectivity index (χ0n) is 12.5. The Morgan fingerprint density at radius 1 is 1.14 bits per heavy atom. The minimum atomic E-state index is -0.279. The lowest BCUT2D eigenvalue weighted by molar-refractivity contribution is 0.262. The summed E-state index contributed by atoms with van der Waals surface area (Å²) in [4.78, 5) is 12.1. The zero-order valence-corrected chi connectivity index (χ0v) is 12.5. The predicted octanol–water partition coefficient (Wildman–Crippen LogP) is 3.24. The third kappa shape index (κ3) is 2.90. The van der Waals surface area contributed by atoms with Gasteiger partial charge in [0.25, 0.3) is 0 Å². The Hall–Kier alpha value is -2.89. The van der Waals surface area contributed by atoms with Gasteiger partial charge in [0.15, 0.2) is 5.65 Å². The first kappa shape index (κ1) is 14.1. The molecule has 2 heterocycles. The minimum Gasteiger partial charge on any atom is -0.308 e. The number of pyridine rings is 1. The van der Waals surface area contributed by atoms with Gasteiger partial charge < -0.3 is 10.6 Å². The Bertz CT molecular complexity index is 824. The van der Waals surface area contributed by atoms with Crippen LogP contribution in [0.1, 0.15) is 18.3 Å². The number of rotatable bonds is 3. The Morgan fingerprint density at radius 3 is 2.77 bits per heavy atom. The third-order valence-corrected chi connectivity index (χ3v) is 3.42. The highest BCUT2D eigenvalue weighted by atomic mass is 16.2. The summed E-state index contributed by atoms with van der Waals surface area (Å²) in [6.45, 7) is 3.94. The van der Waals surface area contributed by atoms with Crippen LogP contribution >= 0.6 is 0 Å². The number of anilines is 2. The lowest BCUT2D eigenvalue weighted by Gasteiger charge is -2.09. The fourth-order valence-corrected chi connectivity index (χ4v) is 2.24. The maximum atomic E-state index is 12.1. The molecule has 0 bridgehead atoms. The van der Waals surface area contributed by atoms with Crippen molar-refractivity contribution in [3.05, 3.63) is 54.0 Å². The van der Waals surface area contributed by atoms with Crippen LogP contribution in [0.5, 0.6) is 0 Å². The molecule has 2 N–H and O–H groups in total. The molecule has 0 fully saturated rings. The molecule has 22 heavy (non-hydrogen) atoms. The molecule has 0 spiro atoms. The molecule has 3 aromatic rings. The van der Waals surface area contributed by atoms with Crippen molar-refractivity contribution in [3.8, 4) is 0 Å². The molecule has 0 saturated heterocycles. The molecule has 6 nitrogen and oxygen atoms in total. The number of aryl methyl sites for hydroxylation is 2. The maximum absolute atomic E-state index is 12.1. The molecule has 1 aromatic carbocycles. The molecular formula is C16H17N5O. The molecule has 0 aliphatic heterocycles. The number of carbonyl (C=O) groups excluding carboxylic acids is 1. The lowest BCUT2D eigenvalue weighted by Crippen LogP contribution is -2.19. The molecule has 0 saturated carbocycles. The van der Waals surface area contributed by atoms with Crippen LogP contribution in [0.3, 0.4) is 0 Å². The second kappa shape index (κ2) is 5.85. The topological polar surface area (TPSA) is 71.3 Å². The highest BCUT2D eigenvalue weighted by molar-refractivity contribution is 5.99. The molecule has 0 aliphatic rings. The fraction of sp³-hybridized carbons (Fsp3) is 0.188. The van der Waals surface area contributed by atoms with Crippen molar-refractivity contribution in [3.63, 3.8) is 0 Å². The maximum Gasteiger partial charge on any atom is 0.323 e. The molecule has 0 unspecified atom stereocenters. The number of carbonyl (C=O) groups is 1. The second-order valence-electron chi connectivity index (χ2n) is 5.03. The lowest BCUT2D eigenvalue weighted by atomic mass is 10.1. The van der Waals surface area contributed by atoms with E-state index < -0.39 is 0 Å². The van der Waals surface area contributed by atoms with Gasteiger partial charge >= 0.3 is 6.03 Å². The summed E-state index contributed by atoms with van der Waals surface area (Å²) >= 11 is 0. The van der Waals surface area contributed by atoms with Gasteiger partial charge in [0.05, 0.1) is 5.69 Å². The molecule has 0 aliphatic carbocycles. The average Bonchev–Trinajstić information content (AvgIpc) is 2.88. The number of hydrogen-bond donors (Lipinski definition) is 2. The van der Waals surface area contributed by atoms with Crippen molar-refractivity contribution in [2.24, 2.45) is 0 Å². The van der Waals surface area contributed by atoms with Gasteiger partial charge in [-0.3, -0.25) is 4.40 Å². The highest BCUT2D eigenvalue weighted by Crippen LogP contribution is 2.14. The second-order valence-corrected chi connectivity index (χ2v) is 5.03. The molecule has 0 atom stereocenters. The van der Waals surface area contributed by atoms with E-state index in [0.717, 1.165) is 23.6 Å². The summed E-state index contributed by atoms with van der Waals surface area (Å²) in [5.41, 5.74) is 3.39. The standard InChI is InChI=1S/C16H17N5O/c1-3-12-5-4-6-13(9-12)17-16(22)18-14-7-8-15-20-19-11(2)21(15)10-14/h4-10H,3H2,1-2H3,(H2,17,18,22). The SMILES string of the molecule is CCc1cccc(NC(=O)Nc2ccc3nnc(C)n3c2)c1. The summed E-state index contributed by atoms with van der Waals surface area (Å²) in [5, 5.41) is 13.6. The van der Waals surface area contributed by atoms with Gasteiger partial charge in [0, 0.05) is 11.9 Å². The molecule has 3 rings (SSSR count). The number of hydrogen-bond acceptors (Lipinski definition) is 3. The van der Waals surface area contributed by atoms with E-state index in [-0.39, 0.29) is 6.03 Å². The summed E-state index contributed by atoms with van der Waals surface area (Å²) in [6, 6.07) is 11.1. The van der Waals surface area contributed by atoms with Crippen molar-refractivity contribution >= 4 is 23.1 Å². The predicted molar refractivity (Wildman–Crippen MR) is 86.2 cm³/mol. The molecule has 2 aromatic heterocycles. The van der Waals surface area contributed by atoms with Crippen LogP contribution < -0.4 is 10.6 Å². The summed E-state index contributed by atoms with van der Waals surface area (Å²) in [6.07, 6.45) is 2.73. The smallest absolute Gasteiger partial charge is 0.308 e. The van der Waals surface area contributed by atoms with Gasteiger partial charge in [-0.25, -0.2) is 4.79 Å². The van der Waals surface area contributed by atoms with Crippen LogP contribution in [0.4, 0.5) is 16.2 Å². The van der Waals surface area contributed by atoms with Crippen LogP contribution in [0, 0.1) is 6.92 Å². The Labute approximate surface area is 128 Å².